The first-order valence-corrected chi connectivity index (χ1v) is 5.41. The van der Waals surface area contributed by atoms with Gasteiger partial charge in [-0.2, -0.15) is 0 Å². The van der Waals surface area contributed by atoms with Crippen LogP contribution < -0.4 is 4.90 Å². The molecule has 0 fully saturated rings. The van der Waals surface area contributed by atoms with Crippen LogP contribution in [0.1, 0.15) is 13.3 Å². The molecule has 0 aliphatic carbocycles. The molecule has 1 aromatic rings. The maximum absolute atomic E-state index is 10.8. The second kappa shape index (κ2) is 5.38. The Hall–Kier alpha value is -0.730. The van der Waals surface area contributed by atoms with Gasteiger partial charge in [0.25, 0.3) is 0 Å². The fourth-order valence-electron chi connectivity index (χ4n) is 1.21. The van der Waals surface area contributed by atoms with Gasteiger partial charge in [-0.25, -0.2) is 0 Å². The van der Waals surface area contributed by atoms with Crippen molar-refractivity contribution in [2.24, 2.45) is 0 Å². The fourth-order valence-corrected chi connectivity index (χ4v) is 1.73. The molecule has 1 rings (SSSR count). The number of rotatable bonds is 4. The van der Waals surface area contributed by atoms with Crippen molar-refractivity contribution in [1.82, 2.24) is 0 Å². The number of carbonyl (C=O) groups is 1. The van der Waals surface area contributed by atoms with E-state index in [9.17, 15) is 4.79 Å². The van der Waals surface area contributed by atoms with Gasteiger partial charge in [0.05, 0.1) is 0 Å². The summed E-state index contributed by atoms with van der Waals surface area (Å²) >= 11 is 11.8. The molecule has 0 atom stereocenters. The minimum atomic E-state index is 0.176. The van der Waals surface area contributed by atoms with Crippen LogP contribution in [-0.4, -0.2) is 19.4 Å². The van der Waals surface area contributed by atoms with E-state index >= 15 is 0 Å². The van der Waals surface area contributed by atoms with Gasteiger partial charge >= 0.3 is 0 Å². The van der Waals surface area contributed by atoms with Crippen molar-refractivity contribution in [3.05, 3.63) is 28.2 Å². The van der Waals surface area contributed by atoms with E-state index in [1.54, 1.807) is 13.0 Å². The predicted octanol–water partition coefficient (Wildman–Crippen LogP) is 3.41. The van der Waals surface area contributed by atoms with Crippen LogP contribution >= 0.6 is 23.2 Å². The molecule has 2 nitrogen and oxygen atoms in total. The number of halogens is 2. The Bertz CT molecular complexity index is 345. The first kappa shape index (κ1) is 12.3. The Morgan fingerprint density at radius 3 is 2.27 bits per heavy atom. The second-order valence-corrected chi connectivity index (χ2v) is 4.37. The van der Waals surface area contributed by atoms with Crippen LogP contribution in [0.2, 0.25) is 10.0 Å². The molecule has 82 valence electrons. The van der Waals surface area contributed by atoms with Gasteiger partial charge in [-0.3, -0.25) is 4.79 Å². The quantitative estimate of drug-likeness (QED) is 0.811. The third kappa shape index (κ3) is 4.10. The average molecular weight is 246 g/mol. The molecule has 0 aromatic heterocycles. The van der Waals surface area contributed by atoms with Crippen LogP contribution in [0.3, 0.4) is 0 Å². The summed E-state index contributed by atoms with van der Waals surface area (Å²) in [6.45, 7) is 2.25. The lowest BCUT2D eigenvalue weighted by Crippen LogP contribution is -2.20. The van der Waals surface area contributed by atoms with E-state index in [4.69, 9.17) is 23.2 Å². The summed E-state index contributed by atoms with van der Waals surface area (Å²) in [6.07, 6.45) is 0.528. The van der Waals surface area contributed by atoms with E-state index in [1.165, 1.54) is 0 Å². The van der Waals surface area contributed by atoms with Crippen molar-refractivity contribution < 1.29 is 4.79 Å². The minimum Gasteiger partial charge on any atom is -0.374 e. The number of ketones is 1. The number of benzene rings is 1. The van der Waals surface area contributed by atoms with Gasteiger partial charge < -0.3 is 4.90 Å². The zero-order valence-corrected chi connectivity index (χ0v) is 10.3. The van der Waals surface area contributed by atoms with E-state index in [2.05, 4.69) is 0 Å². The van der Waals surface area contributed by atoms with Crippen molar-refractivity contribution in [1.29, 1.82) is 0 Å². The molecule has 0 N–H and O–H groups in total. The van der Waals surface area contributed by atoms with Crippen LogP contribution in [0.25, 0.3) is 0 Å². The minimum absolute atomic E-state index is 0.176. The average Bonchev–Trinajstić information content (AvgIpc) is 2.12. The molecular formula is C11H13Cl2NO. The van der Waals surface area contributed by atoms with Gasteiger partial charge in [-0.15, -0.1) is 0 Å². The van der Waals surface area contributed by atoms with Gasteiger partial charge in [0.15, 0.2) is 0 Å². The molecule has 0 saturated heterocycles. The number of anilines is 1. The first-order valence-electron chi connectivity index (χ1n) is 4.65. The number of nitrogens with zero attached hydrogens (tertiary/aromatic N) is 1. The van der Waals surface area contributed by atoms with Crippen molar-refractivity contribution in [2.75, 3.05) is 18.5 Å². The summed E-state index contributed by atoms with van der Waals surface area (Å²) in [4.78, 5) is 12.8. The van der Waals surface area contributed by atoms with Crippen LogP contribution in [0, 0.1) is 0 Å². The number of Topliss-reactive ketones (excluding diaryl/α,β-unsaturated/α-hetero) is 1. The fraction of sp³-hybridized carbons (Fsp3) is 0.364. The zero-order chi connectivity index (χ0) is 11.4. The van der Waals surface area contributed by atoms with Crippen molar-refractivity contribution in [3.63, 3.8) is 0 Å². The maximum atomic E-state index is 10.8. The summed E-state index contributed by atoms with van der Waals surface area (Å²) < 4.78 is 0. The molecule has 0 aliphatic heterocycles. The molecule has 0 amide bonds. The molecule has 4 heteroatoms. The van der Waals surface area contributed by atoms with Gasteiger partial charge in [-0.05, 0) is 25.1 Å². The summed E-state index contributed by atoms with van der Waals surface area (Å²) in [6, 6.07) is 5.34. The second-order valence-electron chi connectivity index (χ2n) is 3.50. The van der Waals surface area contributed by atoms with Gasteiger partial charge in [-0.1, -0.05) is 23.2 Å². The molecule has 1 aromatic carbocycles. The van der Waals surface area contributed by atoms with Crippen molar-refractivity contribution in [2.45, 2.75) is 13.3 Å². The van der Waals surface area contributed by atoms with Crippen molar-refractivity contribution >= 4 is 34.7 Å². The standard InChI is InChI=1S/C11H13Cl2NO/c1-8(15)3-4-14(2)11-6-9(12)5-10(13)7-11/h5-7H,3-4H2,1-2H3. The van der Waals surface area contributed by atoms with Crippen LogP contribution in [0.5, 0.6) is 0 Å². The molecule has 0 aliphatic rings. The smallest absolute Gasteiger partial charge is 0.131 e. The Morgan fingerprint density at radius 2 is 1.80 bits per heavy atom. The van der Waals surface area contributed by atoms with Crippen molar-refractivity contribution in [3.8, 4) is 0 Å². The highest BCUT2D eigenvalue weighted by Crippen LogP contribution is 2.24. The molecule has 0 unspecified atom stereocenters. The number of carbonyl (C=O) groups excluding carboxylic acids is 1. The van der Waals surface area contributed by atoms with E-state index in [-0.39, 0.29) is 5.78 Å². The third-order valence-corrected chi connectivity index (χ3v) is 2.52. The molecule has 0 saturated carbocycles. The van der Waals surface area contributed by atoms with Crippen LogP contribution in [0.4, 0.5) is 5.69 Å². The summed E-state index contributed by atoms with van der Waals surface area (Å²) in [5, 5.41) is 1.21. The van der Waals surface area contributed by atoms with Gasteiger partial charge in [0, 0.05) is 35.7 Å². The highest BCUT2D eigenvalue weighted by atomic mass is 35.5. The molecule has 0 spiro atoms. The molecule has 15 heavy (non-hydrogen) atoms. The highest BCUT2D eigenvalue weighted by molar-refractivity contribution is 6.35. The zero-order valence-electron chi connectivity index (χ0n) is 8.76. The Balaban J connectivity index is 2.72. The van der Waals surface area contributed by atoms with Crippen LogP contribution in [-0.2, 0) is 4.79 Å². The molecular weight excluding hydrogens is 233 g/mol. The monoisotopic (exact) mass is 245 g/mol. The SMILES string of the molecule is CC(=O)CCN(C)c1cc(Cl)cc(Cl)c1. The van der Waals surface area contributed by atoms with E-state index in [1.807, 2.05) is 24.1 Å². The Morgan fingerprint density at radius 1 is 1.27 bits per heavy atom. The summed E-state index contributed by atoms with van der Waals surface area (Å²) in [5.41, 5.74) is 0.925. The molecule has 0 radical (unpaired) electrons. The summed E-state index contributed by atoms with van der Waals surface area (Å²) in [5.74, 6) is 0.176. The van der Waals surface area contributed by atoms with E-state index in [0.29, 0.717) is 23.0 Å². The summed E-state index contributed by atoms with van der Waals surface area (Å²) in [7, 11) is 1.91. The third-order valence-electron chi connectivity index (χ3n) is 2.09. The predicted molar refractivity (Wildman–Crippen MR) is 65.0 cm³/mol. The largest absolute Gasteiger partial charge is 0.374 e. The number of hydrogen-bond acceptors (Lipinski definition) is 2. The van der Waals surface area contributed by atoms with Crippen LogP contribution in [0.15, 0.2) is 18.2 Å². The topological polar surface area (TPSA) is 20.3 Å². The van der Waals surface area contributed by atoms with Gasteiger partial charge in [0.1, 0.15) is 5.78 Å². The lowest BCUT2D eigenvalue weighted by molar-refractivity contribution is -0.116. The maximum Gasteiger partial charge on any atom is 0.131 e. The normalized spacial score (nSPS) is 10.1. The van der Waals surface area contributed by atoms with Gasteiger partial charge in [0.2, 0.25) is 0 Å². The first-order chi connectivity index (χ1) is 6.99. The lowest BCUT2D eigenvalue weighted by Gasteiger charge is -2.19. The Labute approximate surface area is 99.8 Å². The van der Waals surface area contributed by atoms with E-state index < -0.39 is 0 Å². The highest BCUT2D eigenvalue weighted by Gasteiger charge is 2.04. The lowest BCUT2D eigenvalue weighted by atomic mass is 10.2. The molecule has 0 bridgehead atoms. The molecule has 0 heterocycles. The van der Waals surface area contributed by atoms with E-state index in [0.717, 1.165) is 5.69 Å². The number of hydrogen-bond donors (Lipinski definition) is 0. The Kier molecular flexibility index (Phi) is 4.43.